The zero-order chi connectivity index (χ0) is 20.9. The van der Waals surface area contributed by atoms with Gasteiger partial charge in [-0.3, -0.25) is 4.99 Å². The van der Waals surface area contributed by atoms with Crippen LogP contribution < -0.4 is 15.5 Å². The zero-order valence-corrected chi connectivity index (χ0v) is 18.7. The van der Waals surface area contributed by atoms with Crippen LogP contribution in [-0.2, 0) is 11.3 Å². The molecule has 0 aliphatic carbocycles. The molecule has 0 saturated carbocycles. The fourth-order valence-corrected chi connectivity index (χ4v) is 3.40. The first kappa shape index (κ1) is 23.4. The number of likely N-dealkylation sites (N-methyl/N-ethyl adjacent to an activating group) is 2. The van der Waals surface area contributed by atoms with Gasteiger partial charge in [-0.25, -0.2) is 4.98 Å². The van der Waals surface area contributed by atoms with Gasteiger partial charge in [0, 0.05) is 79.3 Å². The third-order valence-electron chi connectivity index (χ3n) is 5.31. The Morgan fingerprint density at radius 2 is 2.03 bits per heavy atom. The number of aliphatic imine (C=N–C) groups is 1. The molecule has 1 aromatic heterocycles. The Labute approximate surface area is 176 Å². The molecule has 1 fully saturated rings. The summed E-state index contributed by atoms with van der Waals surface area (Å²) in [5.74, 6) is 1.89. The second kappa shape index (κ2) is 13.3. The Morgan fingerprint density at radius 3 is 2.72 bits per heavy atom. The van der Waals surface area contributed by atoms with Crippen molar-refractivity contribution in [2.75, 3.05) is 85.1 Å². The number of methoxy groups -OCH3 is 1. The third-order valence-corrected chi connectivity index (χ3v) is 5.31. The second-order valence-electron chi connectivity index (χ2n) is 7.45. The smallest absolute Gasteiger partial charge is 0.191 e. The normalized spacial score (nSPS) is 15.8. The summed E-state index contributed by atoms with van der Waals surface area (Å²) in [7, 11) is 5.69. The van der Waals surface area contributed by atoms with Crippen molar-refractivity contribution in [3.8, 4) is 0 Å². The van der Waals surface area contributed by atoms with Crippen LogP contribution in [0.15, 0.2) is 23.3 Å². The molecule has 1 aliphatic rings. The quantitative estimate of drug-likeness (QED) is 0.321. The molecule has 0 spiro atoms. The maximum absolute atomic E-state index is 5.10. The molecular weight excluding hydrogens is 366 g/mol. The molecule has 0 bridgehead atoms. The van der Waals surface area contributed by atoms with Crippen molar-refractivity contribution in [3.63, 3.8) is 0 Å². The summed E-state index contributed by atoms with van der Waals surface area (Å²) in [5.41, 5.74) is 1.22. The zero-order valence-electron chi connectivity index (χ0n) is 18.7. The Hall–Kier alpha value is -1.90. The number of pyridine rings is 1. The number of piperazine rings is 1. The van der Waals surface area contributed by atoms with Crippen LogP contribution in [0.25, 0.3) is 0 Å². The van der Waals surface area contributed by atoms with Crippen molar-refractivity contribution in [2.45, 2.75) is 19.9 Å². The van der Waals surface area contributed by atoms with Gasteiger partial charge < -0.3 is 30.1 Å². The molecule has 2 rings (SSSR count). The molecule has 0 unspecified atom stereocenters. The van der Waals surface area contributed by atoms with E-state index in [0.29, 0.717) is 0 Å². The van der Waals surface area contributed by atoms with E-state index in [1.807, 2.05) is 13.2 Å². The number of rotatable bonds is 11. The maximum Gasteiger partial charge on any atom is 0.191 e. The van der Waals surface area contributed by atoms with Gasteiger partial charge in [0.1, 0.15) is 5.82 Å². The summed E-state index contributed by atoms with van der Waals surface area (Å²) in [6.45, 7) is 12.0. The van der Waals surface area contributed by atoms with Gasteiger partial charge in [0.25, 0.3) is 0 Å². The van der Waals surface area contributed by atoms with Gasteiger partial charge in [0.2, 0.25) is 0 Å². The highest BCUT2D eigenvalue weighted by Crippen LogP contribution is 2.15. The lowest BCUT2D eigenvalue weighted by molar-refractivity contribution is 0.180. The summed E-state index contributed by atoms with van der Waals surface area (Å²) < 4.78 is 5.10. The lowest BCUT2D eigenvalue weighted by atomic mass is 10.2. The van der Waals surface area contributed by atoms with E-state index in [0.717, 1.165) is 83.7 Å². The van der Waals surface area contributed by atoms with Crippen LogP contribution in [0.5, 0.6) is 0 Å². The van der Waals surface area contributed by atoms with Crippen molar-refractivity contribution >= 4 is 11.8 Å². The first-order valence-electron chi connectivity index (χ1n) is 10.7. The monoisotopic (exact) mass is 405 g/mol. The largest absolute Gasteiger partial charge is 0.385 e. The predicted molar refractivity (Wildman–Crippen MR) is 121 cm³/mol. The summed E-state index contributed by atoms with van der Waals surface area (Å²) >= 11 is 0. The van der Waals surface area contributed by atoms with Crippen LogP contribution in [0, 0.1) is 0 Å². The molecule has 164 valence electrons. The SMILES string of the molecule is CCN1CCN(c2cc(CNC(=NC)NCCN(C)CCCOC)ccn2)CC1. The summed E-state index contributed by atoms with van der Waals surface area (Å²) in [5, 5.41) is 6.79. The Balaban J connectivity index is 1.73. The van der Waals surface area contributed by atoms with E-state index in [1.165, 1.54) is 5.56 Å². The maximum atomic E-state index is 5.10. The molecule has 0 amide bonds. The number of nitrogens with one attached hydrogen (secondary N) is 2. The van der Waals surface area contributed by atoms with Crippen molar-refractivity contribution in [3.05, 3.63) is 23.9 Å². The minimum atomic E-state index is 0.730. The van der Waals surface area contributed by atoms with E-state index < -0.39 is 0 Å². The summed E-state index contributed by atoms with van der Waals surface area (Å²) in [4.78, 5) is 16.1. The van der Waals surface area contributed by atoms with Gasteiger partial charge in [-0.2, -0.15) is 0 Å². The highest BCUT2D eigenvalue weighted by molar-refractivity contribution is 5.79. The fourth-order valence-electron chi connectivity index (χ4n) is 3.40. The topological polar surface area (TPSA) is 68.3 Å². The number of guanidine groups is 1. The molecule has 0 atom stereocenters. The number of hydrogen-bond donors (Lipinski definition) is 2. The van der Waals surface area contributed by atoms with Crippen molar-refractivity contribution < 1.29 is 4.74 Å². The molecule has 8 nitrogen and oxygen atoms in total. The minimum absolute atomic E-state index is 0.730. The van der Waals surface area contributed by atoms with Gasteiger partial charge >= 0.3 is 0 Å². The van der Waals surface area contributed by atoms with Gasteiger partial charge in [0.05, 0.1) is 0 Å². The number of ether oxygens (including phenoxy) is 1. The van der Waals surface area contributed by atoms with Gasteiger partial charge in [-0.15, -0.1) is 0 Å². The predicted octanol–water partition coefficient (Wildman–Crippen LogP) is 0.857. The average Bonchev–Trinajstić information content (AvgIpc) is 2.76. The van der Waals surface area contributed by atoms with Crippen LogP contribution in [0.3, 0.4) is 0 Å². The Bertz CT molecular complexity index is 602. The highest BCUT2D eigenvalue weighted by atomic mass is 16.5. The van der Waals surface area contributed by atoms with E-state index in [4.69, 9.17) is 4.74 Å². The second-order valence-corrected chi connectivity index (χ2v) is 7.45. The number of aromatic nitrogens is 1. The molecule has 29 heavy (non-hydrogen) atoms. The lowest BCUT2D eigenvalue weighted by Crippen LogP contribution is -2.46. The van der Waals surface area contributed by atoms with E-state index in [2.05, 4.69) is 61.4 Å². The van der Waals surface area contributed by atoms with E-state index >= 15 is 0 Å². The number of hydrogen-bond acceptors (Lipinski definition) is 6. The van der Waals surface area contributed by atoms with Gasteiger partial charge in [-0.1, -0.05) is 6.92 Å². The van der Waals surface area contributed by atoms with Gasteiger partial charge in [-0.05, 0) is 37.7 Å². The average molecular weight is 406 g/mol. The Kier molecular flexibility index (Phi) is 10.8. The minimum Gasteiger partial charge on any atom is -0.385 e. The van der Waals surface area contributed by atoms with Crippen molar-refractivity contribution in [2.24, 2.45) is 4.99 Å². The molecule has 0 aromatic carbocycles. The van der Waals surface area contributed by atoms with Crippen LogP contribution in [0.2, 0.25) is 0 Å². The summed E-state index contributed by atoms with van der Waals surface area (Å²) in [6, 6.07) is 4.25. The van der Waals surface area contributed by atoms with Gasteiger partial charge in [0.15, 0.2) is 5.96 Å². The third kappa shape index (κ3) is 8.55. The van der Waals surface area contributed by atoms with Crippen LogP contribution in [0.1, 0.15) is 18.9 Å². The molecule has 1 saturated heterocycles. The van der Waals surface area contributed by atoms with Crippen LogP contribution in [0.4, 0.5) is 5.82 Å². The first-order chi connectivity index (χ1) is 14.2. The van der Waals surface area contributed by atoms with E-state index in [1.54, 1.807) is 7.11 Å². The number of anilines is 1. The highest BCUT2D eigenvalue weighted by Gasteiger charge is 2.16. The van der Waals surface area contributed by atoms with Crippen LogP contribution >= 0.6 is 0 Å². The molecular formula is C21H39N7O. The first-order valence-corrected chi connectivity index (χ1v) is 10.7. The van der Waals surface area contributed by atoms with Crippen molar-refractivity contribution in [1.29, 1.82) is 0 Å². The molecule has 0 radical (unpaired) electrons. The van der Waals surface area contributed by atoms with E-state index in [9.17, 15) is 0 Å². The molecule has 1 aliphatic heterocycles. The molecule has 2 N–H and O–H groups in total. The summed E-state index contributed by atoms with van der Waals surface area (Å²) in [6.07, 6.45) is 2.96. The van der Waals surface area contributed by atoms with E-state index in [-0.39, 0.29) is 0 Å². The lowest BCUT2D eigenvalue weighted by Gasteiger charge is -2.34. The molecule has 8 heteroatoms. The number of nitrogens with zero attached hydrogens (tertiary/aromatic N) is 5. The molecule has 1 aromatic rings. The Morgan fingerprint density at radius 1 is 1.24 bits per heavy atom. The van der Waals surface area contributed by atoms with Crippen LogP contribution in [-0.4, -0.2) is 101 Å². The fraction of sp³-hybridized carbons (Fsp3) is 0.714. The molecule has 2 heterocycles. The van der Waals surface area contributed by atoms with Crippen molar-refractivity contribution in [1.82, 2.24) is 25.4 Å². The standard InChI is InChI=1S/C21H39N7O/c1-5-27-12-14-28(15-13-27)20-17-19(7-8-23-20)18-25-21(22-2)24-9-11-26(3)10-6-16-29-4/h7-8,17H,5-6,9-16,18H2,1-4H3,(H2,22,24,25).